The fraction of sp³-hybridized carbons (Fsp3) is 0.667. The van der Waals surface area contributed by atoms with Crippen molar-refractivity contribution in [3.05, 3.63) is 18.5 Å². The molecule has 0 aromatic carbocycles. The van der Waals surface area contributed by atoms with Gasteiger partial charge in [0.25, 0.3) is 0 Å². The molecule has 2 heterocycles. The highest BCUT2D eigenvalue weighted by Gasteiger charge is 2.18. The maximum atomic E-state index is 5.97. The second-order valence-corrected chi connectivity index (χ2v) is 5.73. The molecule has 0 spiro atoms. The minimum absolute atomic E-state index is 0.613. The highest BCUT2D eigenvalue weighted by Crippen LogP contribution is 2.22. The number of hydrogen-bond acceptors (Lipinski definition) is 5. The number of aromatic nitrogens is 1. The third kappa shape index (κ3) is 4.35. The molecule has 1 aromatic heterocycles. The molecule has 0 amide bonds. The first kappa shape index (κ1) is 15.1. The van der Waals surface area contributed by atoms with E-state index in [1.165, 1.54) is 0 Å². The minimum atomic E-state index is 0.613. The molecule has 112 valence electrons. The van der Waals surface area contributed by atoms with Crippen LogP contribution in [0, 0.1) is 5.92 Å². The van der Waals surface area contributed by atoms with Crippen LogP contribution in [0.1, 0.15) is 13.8 Å². The summed E-state index contributed by atoms with van der Waals surface area (Å²) < 4.78 is 5.64. The summed E-state index contributed by atoms with van der Waals surface area (Å²) in [5.74, 6) is 0.613. The van der Waals surface area contributed by atoms with Gasteiger partial charge in [-0.25, -0.2) is 0 Å². The minimum Gasteiger partial charge on any atom is -0.396 e. The van der Waals surface area contributed by atoms with Gasteiger partial charge in [0.2, 0.25) is 0 Å². The van der Waals surface area contributed by atoms with Crippen molar-refractivity contribution in [2.24, 2.45) is 5.92 Å². The molecule has 5 heteroatoms. The van der Waals surface area contributed by atoms with Crippen LogP contribution in [-0.2, 0) is 4.74 Å². The first-order chi connectivity index (χ1) is 9.66. The van der Waals surface area contributed by atoms with Gasteiger partial charge in [0.15, 0.2) is 0 Å². The predicted molar refractivity (Wildman–Crippen MR) is 83.0 cm³/mol. The van der Waals surface area contributed by atoms with Gasteiger partial charge in [-0.05, 0) is 12.0 Å². The average molecular weight is 278 g/mol. The number of hydrogen-bond donors (Lipinski definition) is 1. The molecule has 1 aliphatic heterocycles. The fourth-order valence-electron chi connectivity index (χ4n) is 2.41. The van der Waals surface area contributed by atoms with Crippen molar-refractivity contribution in [1.82, 2.24) is 9.88 Å². The standard InChI is InChI=1S/C15H26N4O/c1-13(2)12-20-10-9-18-5-7-19(8-6-18)15-3-4-17-11-14(15)16/h3-4,11,13H,5-10,12,16H2,1-2H3. The molecule has 0 atom stereocenters. The molecule has 0 bridgehead atoms. The Balaban J connectivity index is 1.71. The molecule has 0 aliphatic carbocycles. The molecule has 5 nitrogen and oxygen atoms in total. The Morgan fingerprint density at radius 1 is 1.30 bits per heavy atom. The molecule has 1 fully saturated rings. The molecule has 1 aromatic rings. The van der Waals surface area contributed by atoms with Gasteiger partial charge >= 0.3 is 0 Å². The Labute approximate surface area is 121 Å². The lowest BCUT2D eigenvalue weighted by Gasteiger charge is -2.36. The first-order valence-electron chi connectivity index (χ1n) is 7.41. The van der Waals surface area contributed by atoms with E-state index in [4.69, 9.17) is 10.5 Å². The van der Waals surface area contributed by atoms with Crippen molar-refractivity contribution < 1.29 is 4.74 Å². The van der Waals surface area contributed by atoms with E-state index in [-0.39, 0.29) is 0 Å². The molecule has 1 aliphatic rings. The molecule has 2 rings (SSSR count). The number of nitrogens with zero attached hydrogens (tertiary/aromatic N) is 3. The summed E-state index contributed by atoms with van der Waals surface area (Å²) in [4.78, 5) is 8.83. The number of pyridine rings is 1. The Bertz CT molecular complexity index is 403. The number of piperazine rings is 1. The fourth-order valence-corrected chi connectivity index (χ4v) is 2.41. The predicted octanol–water partition coefficient (Wildman–Crippen LogP) is 1.46. The molecule has 1 saturated heterocycles. The van der Waals surface area contributed by atoms with Crippen LogP contribution in [0.25, 0.3) is 0 Å². The van der Waals surface area contributed by atoms with Crippen molar-refractivity contribution in [1.29, 1.82) is 0 Å². The number of anilines is 2. The zero-order valence-corrected chi connectivity index (χ0v) is 12.6. The third-order valence-corrected chi connectivity index (χ3v) is 3.54. The Hall–Kier alpha value is -1.33. The quantitative estimate of drug-likeness (QED) is 0.798. The molecule has 0 radical (unpaired) electrons. The molecule has 20 heavy (non-hydrogen) atoms. The van der Waals surface area contributed by atoms with Gasteiger partial charge in [0.05, 0.1) is 24.2 Å². The highest BCUT2D eigenvalue weighted by atomic mass is 16.5. The lowest BCUT2D eigenvalue weighted by atomic mass is 10.2. The topological polar surface area (TPSA) is 54.6 Å². The van der Waals surface area contributed by atoms with Crippen LogP contribution in [-0.4, -0.2) is 55.8 Å². The molecule has 0 unspecified atom stereocenters. The second kappa shape index (κ2) is 7.45. The van der Waals surface area contributed by atoms with Crippen LogP contribution < -0.4 is 10.6 Å². The monoisotopic (exact) mass is 278 g/mol. The maximum Gasteiger partial charge on any atom is 0.0738 e. The number of rotatable bonds is 6. The van der Waals surface area contributed by atoms with Gasteiger partial charge in [-0.3, -0.25) is 9.88 Å². The Kier molecular flexibility index (Phi) is 5.61. The Morgan fingerprint density at radius 3 is 2.70 bits per heavy atom. The van der Waals surface area contributed by atoms with Crippen LogP contribution in [0.3, 0.4) is 0 Å². The second-order valence-electron chi connectivity index (χ2n) is 5.73. The summed E-state index contributed by atoms with van der Waals surface area (Å²) in [6.45, 7) is 11.2. The van der Waals surface area contributed by atoms with Crippen molar-refractivity contribution in [3.8, 4) is 0 Å². The van der Waals surface area contributed by atoms with Gasteiger partial charge < -0.3 is 15.4 Å². The van der Waals surface area contributed by atoms with E-state index in [2.05, 4.69) is 28.6 Å². The molecular formula is C15H26N4O. The van der Waals surface area contributed by atoms with Crippen molar-refractivity contribution in [2.45, 2.75) is 13.8 Å². The van der Waals surface area contributed by atoms with Crippen LogP contribution >= 0.6 is 0 Å². The SMILES string of the molecule is CC(C)COCCN1CCN(c2ccncc2N)CC1. The van der Waals surface area contributed by atoms with Crippen LogP contribution in [0.15, 0.2) is 18.5 Å². The lowest BCUT2D eigenvalue weighted by molar-refractivity contribution is 0.0838. The van der Waals surface area contributed by atoms with Gasteiger partial charge in [-0.2, -0.15) is 0 Å². The largest absolute Gasteiger partial charge is 0.396 e. The van der Waals surface area contributed by atoms with Crippen LogP contribution in [0.2, 0.25) is 0 Å². The van der Waals surface area contributed by atoms with Gasteiger partial charge in [-0.15, -0.1) is 0 Å². The number of ether oxygens (including phenoxy) is 1. The summed E-state index contributed by atoms with van der Waals surface area (Å²) in [7, 11) is 0. The Morgan fingerprint density at radius 2 is 2.05 bits per heavy atom. The zero-order valence-electron chi connectivity index (χ0n) is 12.6. The highest BCUT2D eigenvalue weighted by molar-refractivity contribution is 5.66. The number of nitrogens with two attached hydrogens (primary N) is 1. The number of nitrogen functional groups attached to an aromatic ring is 1. The summed E-state index contributed by atoms with van der Waals surface area (Å²) in [5.41, 5.74) is 7.85. The van der Waals surface area contributed by atoms with Crippen LogP contribution in [0.4, 0.5) is 11.4 Å². The van der Waals surface area contributed by atoms with E-state index in [1.807, 2.05) is 6.07 Å². The summed E-state index contributed by atoms with van der Waals surface area (Å²) >= 11 is 0. The summed E-state index contributed by atoms with van der Waals surface area (Å²) in [6.07, 6.45) is 3.53. The molecule has 2 N–H and O–H groups in total. The third-order valence-electron chi connectivity index (χ3n) is 3.54. The van der Waals surface area contributed by atoms with Crippen molar-refractivity contribution >= 4 is 11.4 Å². The van der Waals surface area contributed by atoms with E-state index in [0.717, 1.165) is 57.3 Å². The smallest absolute Gasteiger partial charge is 0.0738 e. The first-order valence-corrected chi connectivity index (χ1v) is 7.41. The summed E-state index contributed by atoms with van der Waals surface area (Å²) in [5, 5.41) is 0. The molecular weight excluding hydrogens is 252 g/mol. The van der Waals surface area contributed by atoms with E-state index in [0.29, 0.717) is 5.92 Å². The molecule has 0 saturated carbocycles. The van der Waals surface area contributed by atoms with Gasteiger partial charge in [0.1, 0.15) is 0 Å². The van der Waals surface area contributed by atoms with E-state index >= 15 is 0 Å². The summed E-state index contributed by atoms with van der Waals surface area (Å²) in [6, 6.07) is 2.00. The van der Waals surface area contributed by atoms with E-state index in [9.17, 15) is 0 Å². The zero-order chi connectivity index (χ0) is 14.4. The van der Waals surface area contributed by atoms with E-state index in [1.54, 1.807) is 12.4 Å². The van der Waals surface area contributed by atoms with Gasteiger partial charge in [-0.1, -0.05) is 13.8 Å². The van der Waals surface area contributed by atoms with Gasteiger partial charge in [0, 0.05) is 45.5 Å². The lowest BCUT2D eigenvalue weighted by Crippen LogP contribution is -2.47. The average Bonchev–Trinajstić information content (AvgIpc) is 2.45. The van der Waals surface area contributed by atoms with Crippen molar-refractivity contribution in [3.63, 3.8) is 0 Å². The van der Waals surface area contributed by atoms with Crippen LogP contribution in [0.5, 0.6) is 0 Å². The maximum absolute atomic E-state index is 5.97. The van der Waals surface area contributed by atoms with Crippen molar-refractivity contribution in [2.75, 3.05) is 56.6 Å². The van der Waals surface area contributed by atoms with E-state index < -0.39 is 0 Å². The normalized spacial score (nSPS) is 16.9.